The van der Waals surface area contributed by atoms with Crippen LogP contribution in [0, 0.1) is 0 Å². The molecule has 0 aromatic heterocycles. The first-order valence-electron chi connectivity index (χ1n) is 3.54. The monoisotopic (exact) mass is 198 g/mol. The molecular weight excluding hydrogens is 188 g/mol. The van der Waals surface area contributed by atoms with E-state index in [0.717, 1.165) is 5.41 Å². The molecule has 13 heavy (non-hydrogen) atoms. The first kappa shape index (κ1) is 9.76. The molecule has 0 spiro atoms. The van der Waals surface area contributed by atoms with Crippen LogP contribution in [0.1, 0.15) is 5.56 Å². The van der Waals surface area contributed by atoms with E-state index in [4.69, 9.17) is 10.9 Å². The molecule has 0 saturated carbocycles. The predicted molar refractivity (Wildman–Crippen MR) is 53.0 cm³/mol. The average Bonchev–Trinajstić information content (AvgIpc) is 2.01. The summed E-state index contributed by atoms with van der Waals surface area (Å²) in [4.78, 5) is 0. The van der Waals surface area contributed by atoms with Crippen LogP contribution < -0.4 is 10.9 Å². The average molecular weight is 198 g/mol. The van der Waals surface area contributed by atoms with Gasteiger partial charge in [-0.05, 0) is 17.7 Å². The van der Waals surface area contributed by atoms with Gasteiger partial charge in [0.05, 0.1) is 0 Å². The van der Waals surface area contributed by atoms with E-state index >= 15 is 0 Å². The highest BCUT2D eigenvalue weighted by molar-refractivity contribution is 7.92. The molecule has 0 aliphatic rings. The molecule has 0 bridgehead atoms. The van der Waals surface area contributed by atoms with Crippen LogP contribution in [0.5, 0.6) is 0 Å². The third-order valence-corrected chi connectivity index (χ3v) is 1.95. The molecule has 5 heteroatoms. The summed E-state index contributed by atoms with van der Waals surface area (Å²) < 4.78 is 21.1. The van der Waals surface area contributed by atoms with Gasteiger partial charge in [0.2, 0.25) is 10.0 Å². The van der Waals surface area contributed by atoms with E-state index in [1.165, 1.54) is 6.08 Å². The molecule has 0 atom stereocenters. The quantitative estimate of drug-likeness (QED) is 0.679. The highest BCUT2D eigenvalue weighted by Gasteiger charge is 1.95. The van der Waals surface area contributed by atoms with Gasteiger partial charge in [0.1, 0.15) is 0 Å². The van der Waals surface area contributed by atoms with Gasteiger partial charge in [0, 0.05) is 11.1 Å². The molecule has 0 heterocycles. The lowest BCUT2D eigenvalue weighted by Gasteiger charge is -1.97. The number of nitrogens with two attached hydrogens (primary N) is 2. The number of para-hydroxylation sites is 1. The van der Waals surface area contributed by atoms with Crippen molar-refractivity contribution in [2.75, 3.05) is 5.73 Å². The second kappa shape index (κ2) is 3.59. The number of hydrogen-bond acceptors (Lipinski definition) is 3. The highest BCUT2D eigenvalue weighted by Crippen LogP contribution is 2.12. The van der Waals surface area contributed by atoms with Crippen LogP contribution >= 0.6 is 0 Å². The topological polar surface area (TPSA) is 86.2 Å². The zero-order valence-corrected chi connectivity index (χ0v) is 7.66. The van der Waals surface area contributed by atoms with E-state index in [1.807, 2.05) is 0 Å². The molecule has 70 valence electrons. The molecule has 0 saturated heterocycles. The molecule has 4 nitrogen and oxygen atoms in total. The van der Waals surface area contributed by atoms with E-state index in [2.05, 4.69) is 0 Å². The summed E-state index contributed by atoms with van der Waals surface area (Å²) in [6, 6.07) is 6.92. The fourth-order valence-corrected chi connectivity index (χ4v) is 1.17. The summed E-state index contributed by atoms with van der Waals surface area (Å²) in [5, 5.41) is 5.69. The first-order valence-corrected chi connectivity index (χ1v) is 5.15. The SMILES string of the molecule is Nc1ccccc1/C=C/S(N)(=O)=O. The van der Waals surface area contributed by atoms with E-state index in [-0.39, 0.29) is 0 Å². The van der Waals surface area contributed by atoms with Gasteiger partial charge >= 0.3 is 0 Å². The summed E-state index contributed by atoms with van der Waals surface area (Å²) in [7, 11) is -3.58. The maximum Gasteiger partial charge on any atom is 0.231 e. The number of rotatable bonds is 2. The second-order valence-electron chi connectivity index (χ2n) is 2.52. The third kappa shape index (κ3) is 3.27. The molecule has 0 amide bonds. The minimum absolute atomic E-state index is 0.516. The predicted octanol–water partition coefficient (Wildman–Crippen LogP) is 0.528. The molecular formula is C8H10N2O2S. The Hall–Kier alpha value is -1.33. The van der Waals surface area contributed by atoms with Crippen LogP contribution in [0.25, 0.3) is 6.08 Å². The van der Waals surface area contributed by atoms with Crippen molar-refractivity contribution in [3.05, 3.63) is 35.2 Å². The lowest BCUT2D eigenvalue weighted by Crippen LogP contribution is -2.06. The number of benzene rings is 1. The Labute approximate surface area is 76.9 Å². The molecule has 0 unspecified atom stereocenters. The van der Waals surface area contributed by atoms with Crippen LogP contribution in [-0.4, -0.2) is 8.42 Å². The van der Waals surface area contributed by atoms with Crippen LogP contribution in [0.4, 0.5) is 5.69 Å². The number of anilines is 1. The Bertz CT molecular complexity index is 424. The largest absolute Gasteiger partial charge is 0.398 e. The molecule has 0 aliphatic heterocycles. The maximum absolute atomic E-state index is 10.6. The van der Waals surface area contributed by atoms with Gasteiger partial charge in [0.15, 0.2) is 0 Å². The smallest absolute Gasteiger partial charge is 0.231 e. The van der Waals surface area contributed by atoms with Crippen molar-refractivity contribution < 1.29 is 8.42 Å². The Morgan fingerprint density at radius 3 is 2.38 bits per heavy atom. The van der Waals surface area contributed by atoms with Gasteiger partial charge in [-0.1, -0.05) is 18.2 Å². The lowest BCUT2D eigenvalue weighted by molar-refractivity contribution is 0.606. The van der Waals surface area contributed by atoms with Crippen LogP contribution in [-0.2, 0) is 10.0 Å². The fourth-order valence-electron chi connectivity index (χ4n) is 0.831. The summed E-state index contributed by atoms with van der Waals surface area (Å²) >= 11 is 0. The number of primary sulfonamides is 1. The van der Waals surface area contributed by atoms with Gasteiger partial charge in [-0.2, -0.15) is 0 Å². The molecule has 0 fully saturated rings. The Kier molecular flexibility index (Phi) is 2.69. The van der Waals surface area contributed by atoms with Crippen molar-refractivity contribution in [1.29, 1.82) is 0 Å². The van der Waals surface area contributed by atoms with Crippen LogP contribution in [0.15, 0.2) is 29.7 Å². The number of hydrogen-bond donors (Lipinski definition) is 2. The molecule has 1 aromatic rings. The van der Waals surface area contributed by atoms with Gasteiger partial charge in [-0.3, -0.25) is 0 Å². The van der Waals surface area contributed by atoms with E-state index < -0.39 is 10.0 Å². The molecule has 4 N–H and O–H groups in total. The van der Waals surface area contributed by atoms with Crippen LogP contribution in [0.3, 0.4) is 0 Å². The first-order chi connectivity index (χ1) is 5.99. The summed E-state index contributed by atoms with van der Waals surface area (Å²) in [6.07, 6.45) is 1.37. The summed E-state index contributed by atoms with van der Waals surface area (Å²) in [5.41, 5.74) is 6.71. The third-order valence-electron chi connectivity index (χ3n) is 1.43. The van der Waals surface area contributed by atoms with Crippen molar-refractivity contribution in [3.63, 3.8) is 0 Å². The maximum atomic E-state index is 10.6. The molecule has 0 aliphatic carbocycles. The normalized spacial score (nSPS) is 12.1. The standard InChI is InChI=1S/C8H10N2O2S/c9-8-4-2-1-3-7(8)5-6-13(10,11)12/h1-6H,9H2,(H2,10,11,12)/b6-5+. The van der Waals surface area contributed by atoms with E-state index in [9.17, 15) is 8.42 Å². The Morgan fingerprint density at radius 2 is 1.85 bits per heavy atom. The minimum Gasteiger partial charge on any atom is -0.398 e. The second-order valence-corrected chi connectivity index (χ2v) is 3.97. The number of nitrogen functional groups attached to an aromatic ring is 1. The minimum atomic E-state index is -3.58. The molecule has 0 radical (unpaired) electrons. The van der Waals surface area contributed by atoms with Crippen molar-refractivity contribution >= 4 is 21.8 Å². The van der Waals surface area contributed by atoms with Crippen molar-refractivity contribution in [1.82, 2.24) is 0 Å². The summed E-state index contributed by atoms with van der Waals surface area (Å²) in [5.74, 6) is 0. The Morgan fingerprint density at radius 1 is 1.23 bits per heavy atom. The van der Waals surface area contributed by atoms with E-state index in [0.29, 0.717) is 11.3 Å². The van der Waals surface area contributed by atoms with Gasteiger partial charge in [-0.15, -0.1) is 0 Å². The van der Waals surface area contributed by atoms with Gasteiger partial charge < -0.3 is 5.73 Å². The summed E-state index contributed by atoms with van der Waals surface area (Å²) in [6.45, 7) is 0. The molecule has 1 aromatic carbocycles. The highest BCUT2D eigenvalue weighted by atomic mass is 32.2. The van der Waals surface area contributed by atoms with Crippen LogP contribution in [0.2, 0.25) is 0 Å². The van der Waals surface area contributed by atoms with Crippen molar-refractivity contribution in [3.8, 4) is 0 Å². The van der Waals surface area contributed by atoms with Gasteiger partial charge in [-0.25, -0.2) is 13.6 Å². The zero-order chi connectivity index (χ0) is 9.90. The van der Waals surface area contributed by atoms with Gasteiger partial charge in [0.25, 0.3) is 0 Å². The number of sulfonamides is 1. The van der Waals surface area contributed by atoms with Crippen molar-refractivity contribution in [2.45, 2.75) is 0 Å². The van der Waals surface area contributed by atoms with E-state index in [1.54, 1.807) is 24.3 Å². The fraction of sp³-hybridized carbons (Fsp3) is 0. The Balaban J connectivity index is 3.00. The zero-order valence-electron chi connectivity index (χ0n) is 6.84. The molecule has 1 rings (SSSR count). The lowest BCUT2D eigenvalue weighted by atomic mass is 10.2. The van der Waals surface area contributed by atoms with Crippen molar-refractivity contribution in [2.24, 2.45) is 5.14 Å².